The lowest BCUT2D eigenvalue weighted by Gasteiger charge is -2.28. The minimum Gasteiger partial charge on any atom is -0.335 e. The summed E-state index contributed by atoms with van der Waals surface area (Å²) in [6.07, 6.45) is 2.41. The van der Waals surface area contributed by atoms with Crippen LogP contribution in [-0.4, -0.2) is 53.6 Å². The van der Waals surface area contributed by atoms with Gasteiger partial charge >= 0.3 is 0 Å². The van der Waals surface area contributed by atoms with Gasteiger partial charge in [0, 0.05) is 17.8 Å². The molecular weight excluding hydrogens is 358 g/mol. The Balaban J connectivity index is 1.72. The first-order valence-corrected chi connectivity index (χ1v) is 11.1. The molecule has 0 aromatic carbocycles. The smallest absolute Gasteiger partial charge is 0.233 e. The van der Waals surface area contributed by atoms with E-state index in [0.717, 1.165) is 24.1 Å². The second-order valence-corrected chi connectivity index (χ2v) is 9.94. The van der Waals surface area contributed by atoms with Gasteiger partial charge in [0.25, 0.3) is 0 Å². The maximum atomic E-state index is 12.8. The zero-order chi connectivity index (χ0) is 18.2. The molecule has 1 aromatic heterocycles. The summed E-state index contributed by atoms with van der Waals surface area (Å²) >= 11 is 1.27. The molecule has 0 spiro atoms. The van der Waals surface area contributed by atoms with Gasteiger partial charge in [-0.25, -0.2) is 13.4 Å². The van der Waals surface area contributed by atoms with Gasteiger partial charge in [-0.2, -0.15) is 5.26 Å². The summed E-state index contributed by atoms with van der Waals surface area (Å²) in [5.41, 5.74) is 2.17. The van der Waals surface area contributed by atoms with Gasteiger partial charge in [-0.3, -0.25) is 4.79 Å². The van der Waals surface area contributed by atoms with E-state index in [0.29, 0.717) is 17.0 Å². The van der Waals surface area contributed by atoms with Crippen LogP contribution in [0.15, 0.2) is 11.1 Å². The van der Waals surface area contributed by atoms with Crippen LogP contribution in [-0.2, 0) is 14.6 Å². The van der Waals surface area contributed by atoms with Crippen molar-refractivity contribution in [2.24, 2.45) is 0 Å². The average Bonchev–Trinajstić information content (AvgIpc) is 3.28. The van der Waals surface area contributed by atoms with E-state index in [1.165, 1.54) is 11.8 Å². The van der Waals surface area contributed by atoms with Gasteiger partial charge in [-0.15, -0.1) is 0 Å². The number of aryl methyl sites for hydroxylation is 2. The number of carbonyl (C=O) groups excluding carboxylic acids is 1. The van der Waals surface area contributed by atoms with Crippen molar-refractivity contribution in [3.05, 3.63) is 22.9 Å². The Hall–Kier alpha value is -1.59. The molecule has 1 aliphatic carbocycles. The van der Waals surface area contributed by atoms with Crippen LogP contribution in [0.3, 0.4) is 0 Å². The van der Waals surface area contributed by atoms with E-state index in [4.69, 9.17) is 0 Å². The number of amides is 1. The molecule has 2 heterocycles. The molecule has 0 N–H and O–H groups in total. The summed E-state index contributed by atoms with van der Waals surface area (Å²) in [7, 11) is -3.02. The predicted molar refractivity (Wildman–Crippen MR) is 96.1 cm³/mol. The van der Waals surface area contributed by atoms with E-state index < -0.39 is 9.84 Å². The summed E-state index contributed by atoms with van der Waals surface area (Å²) < 4.78 is 23.5. The zero-order valence-electron chi connectivity index (χ0n) is 14.4. The van der Waals surface area contributed by atoms with Gasteiger partial charge in [-0.05, 0) is 44.7 Å². The molecule has 2 fully saturated rings. The third kappa shape index (κ3) is 4.15. The van der Waals surface area contributed by atoms with Gasteiger partial charge in [0.15, 0.2) is 9.84 Å². The summed E-state index contributed by atoms with van der Waals surface area (Å²) in [5.74, 6) is 0.362. The van der Waals surface area contributed by atoms with Gasteiger partial charge in [0.05, 0.1) is 22.8 Å². The van der Waals surface area contributed by atoms with E-state index in [1.807, 2.05) is 19.9 Å². The van der Waals surface area contributed by atoms with Gasteiger partial charge in [0.1, 0.15) is 11.1 Å². The van der Waals surface area contributed by atoms with E-state index in [1.54, 1.807) is 4.90 Å². The lowest BCUT2D eigenvalue weighted by atomic mass is 10.1. The molecule has 134 valence electrons. The number of thioether (sulfide) groups is 1. The number of aromatic nitrogens is 1. The fourth-order valence-electron chi connectivity index (χ4n) is 3.30. The largest absolute Gasteiger partial charge is 0.335 e. The predicted octanol–water partition coefficient (Wildman–Crippen LogP) is 1.84. The Labute approximate surface area is 152 Å². The molecule has 6 nitrogen and oxygen atoms in total. The number of pyridine rings is 1. The van der Waals surface area contributed by atoms with Crippen LogP contribution in [0.5, 0.6) is 0 Å². The van der Waals surface area contributed by atoms with Crippen LogP contribution < -0.4 is 0 Å². The van der Waals surface area contributed by atoms with Gasteiger partial charge in [-0.1, -0.05) is 11.8 Å². The van der Waals surface area contributed by atoms with Crippen LogP contribution >= 0.6 is 11.8 Å². The van der Waals surface area contributed by atoms with Crippen molar-refractivity contribution in [1.82, 2.24) is 9.88 Å². The van der Waals surface area contributed by atoms with Crippen LogP contribution in [0, 0.1) is 25.2 Å². The molecule has 1 atom stereocenters. The van der Waals surface area contributed by atoms with Crippen molar-refractivity contribution in [3.63, 3.8) is 0 Å². The van der Waals surface area contributed by atoms with Crippen LogP contribution in [0.2, 0.25) is 0 Å². The summed E-state index contributed by atoms with van der Waals surface area (Å²) in [4.78, 5) is 18.9. The first-order valence-electron chi connectivity index (χ1n) is 8.33. The Morgan fingerprint density at radius 1 is 1.36 bits per heavy atom. The topological polar surface area (TPSA) is 91.1 Å². The van der Waals surface area contributed by atoms with Crippen molar-refractivity contribution in [1.29, 1.82) is 5.26 Å². The van der Waals surface area contributed by atoms with E-state index in [9.17, 15) is 18.5 Å². The molecule has 0 bridgehead atoms. The number of carbonyl (C=O) groups is 1. The highest BCUT2D eigenvalue weighted by Crippen LogP contribution is 2.33. The molecule has 1 amide bonds. The van der Waals surface area contributed by atoms with Gasteiger partial charge in [0.2, 0.25) is 5.91 Å². The second-order valence-electron chi connectivity index (χ2n) is 6.75. The van der Waals surface area contributed by atoms with E-state index in [-0.39, 0.29) is 35.2 Å². The molecule has 0 radical (unpaired) electrons. The Kier molecular flexibility index (Phi) is 5.07. The van der Waals surface area contributed by atoms with Crippen molar-refractivity contribution < 1.29 is 13.2 Å². The van der Waals surface area contributed by atoms with Gasteiger partial charge < -0.3 is 4.90 Å². The molecule has 8 heteroatoms. The first-order chi connectivity index (χ1) is 11.8. The van der Waals surface area contributed by atoms with Crippen LogP contribution in [0.25, 0.3) is 0 Å². The zero-order valence-corrected chi connectivity index (χ0v) is 16.0. The quantitative estimate of drug-likeness (QED) is 0.725. The molecule has 1 saturated carbocycles. The second kappa shape index (κ2) is 6.96. The molecule has 3 rings (SSSR count). The standard InChI is InChI=1S/C17H21N3O3S2/c1-11-7-12(2)19-17(15(11)8-18)24-9-16(21)20(13-3-4-13)14-5-6-25(22,23)10-14/h7,13-14H,3-6,9-10H2,1-2H3/t14-/m0/s1. The number of hydrogen-bond acceptors (Lipinski definition) is 6. The average molecular weight is 380 g/mol. The molecule has 1 aromatic rings. The third-order valence-corrected chi connectivity index (χ3v) is 7.30. The fraction of sp³-hybridized carbons (Fsp3) is 0.588. The summed E-state index contributed by atoms with van der Waals surface area (Å²) in [6, 6.07) is 3.98. The van der Waals surface area contributed by atoms with Crippen molar-refractivity contribution in [2.45, 2.75) is 50.2 Å². The minimum absolute atomic E-state index is 0.0561. The van der Waals surface area contributed by atoms with Crippen LogP contribution in [0.1, 0.15) is 36.1 Å². The number of hydrogen-bond donors (Lipinski definition) is 0. The summed E-state index contributed by atoms with van der Waals surface area (Å²) in [5, 5.41) is 9.90. The fourth-order valence-corrected chi connectivity index (χ4v) is 5.98. The SMILES string of the molecule is Cc1cc(C)c(C#N)c(SCC(=O)N(C2CC2)[C@H]2CCS(=O)(=O)C2)n1. The van der Waals surface area contributed by atoms with Crippen molar-refractivity contribution in [2.75, 3.05) is 17.3 Å². The van der Waals surface area contributed by atoms with Crippen LogP contribution in [0.4, 0.5) is 0 Å². The highest BCUT2D eigenvalue weighted by Gasteiger charge is 2.41. The van der Waals surface area contributed by atoms with E-state index >= 15 is 0 Å². The highest BCUT2D eigenvalue weighted by molar-refractivity contribution is 8.00. The highest BCUT2D eigenvalue weighted by atomic mass is 32.2. The normalized spacial score (nSPS) is 21.7. The Morgan fingerprint density at radius 2 is 2.08 bits per heavy atom. The maximum Gasteiger partial charge on any atom is 0.233 e. The summed E-state index contributed by atoms with van der Waals surface area (Å²) in [6.45, 7) is 3.72. The molecular formula is C17H21N3O3S2. The third-order valence-electron chi connectivity index (χ3n) is 4.59. The lowest BCUT2D eigenvalue weighted by Crippen LogP contribution is -2.43. The Bertz CT molecular complexity index is 841. The minimum atomic E-state index is -3.02. The molecule has 25 heavy (non-hydrogen) atoms. The monoisotopic (exact) mass is 379 g/mol. The number of sulfone groups is 1. The maximum absolute atomic E-state index is 12.8. The van der Waals surface area contributed by atoms with E-state index in [2.05, 4.69) is 11.1 Å². The first kappa shape index (κ1) is 18.2. The molecule has 1 saturated heterocycles. The lowest BCUT2D eigenvalue weighted by molar-refractivity contribution is -0.130. The molecule has 2 aliphatic rings. The number of nitrogens with zero attached hydrogens (tertiary/aromatic N) is 3. The van der Waals surface area contributed by atoms with Crippen molar-refractivity contribution in [3.8, 4) is 6.07 Å². The molecule has 1 aliphatic heterocycles. The number of rotatable bonds is 5. The van der Waals surface area contributed by atoms with Crippen molar-refractivity contribution >= 4 is 27.5 Å². The molecule has 0 unspecified atom stereocenters. The Morgan fingerprint density at radius 3 is 2.64 bits per heavy atom. The number of nitriles is 1.